The highest BCUT2D eigenvalue weighted by molar-refractivity contribution is 6.08. The Bertz CT molecular complexity index is 982. The van der Waals surface area contributed by atoms with E-state index >= 15 is 0 Å². The molecule has 0 aliphatic carbocycles. The number of benzene rings is 2. The van der Waals surface area contributed by atoms with Crippen LogP contribution >= 0.6 is 0 Å². The molecule has 2 aromatic carbocycles. The molecule has 0 atom stereocenters. The van der Waals surface area contributed by atoms with E-state index in [9.17, 15) is 18.9 Å². The van der Waals surface area contributed by atoms with E-state index in [4.69, 9.17) is 0 Å². The number of hydrogen-bond acceptors (Lipinski definition) is 2. The summed E-state index contributed by atoms with van der Waals surface area (Å²) < 4.78 is 29.9. The van der Waals surface area contributed by atoms with E-state index in [0.717, 1.165) is 19.3 Å². The fourth-order valence-corrected chi connectivity index (χ4v) is 3.86. The van der Waals surface area contributed by atoms with Crippen molar-refractivity contribution in [2.75, 3.05) is 0 Å². The fraction of sp³-hybridized carbons (Fsp3) is 0.455. The molecule has 3 aromatic rings. The van der Waals surface area contributed by atoms with Crippen molar-refractivity contribution in [2.24, 2.45) is 0 Å². The molecule has 6 heteroatoms. The first-order chi connectivity index (χ1) is 13.5. The van der Waals surface area contributed by atoms with E-state index in [-0.39, 0.29) is 5.82 Å². The third kappa shape index (κ3) is 4.32. The van der Waals surface area contributed by atoms with Crippen molar-refractivity contribution in [1.29, 1.82) is 0 Å². The van der Waals surface area contributed by atoms with Crippen LogP contribution in [0.2, 0.25) is 0 Å². The van der Waals surface area contributed by atoms with Crippen LogP contribution in [-0.2, 0) is 6.54 Å². The molecular formula is C22H26F2N2O2. The maximum Gasteiger partial charge on any atom is 0.305 e. The quantitative estimate of drug-likeness (QED) is 0.211. The second-order valence-corrected chi connectivity index (χ2v) is 7.37. The number of aryl methyl sites for hydroxylation is 1. The van der Waals surface area contributed by atoms with Gasteiger partial charge in [0.25, 0.3) is 0 Å². The predicted molar refractivity (Wildman–Crippen MR) is 109 cm³/mol. The van der Waals surface area contributed by atoms with Crippen LogP contribution < -0.4 is 0 Å². The van der Waals surface area contributed by atoms with E-state index in [0.29, 0.717) is 28.4 Å². The lowest BCUT2D eigenvalue weighted by Crippen LogP contribution is -1.99. The Balaban J connectivity index is 1.82. The molecule has 3 rings (SSSR count). The molecular weight excluding hydrogens is 362 g/mol. The Morgan fingerprint density at radius 1 is 0.893 bits per heavy atom. The highest BCUT2D eigenvalue weighted by Crippen LogP contribution is 2.34. The van der Waals surface area contributed by atoms with Gasteiger partial charge in [-0.3, -0.25) is 10.1 Å². The normalized spacial score (nSPS) is 11.5. The molecule has 0 amide bonds. The maximum atomic E-state index is 14.2. The SMILES string of the molecule is CCCCCCCCCCn1c2cc(F)ccc2c2cc([N+](=O)[O-])c(F)cc21. The van der Waals surface area contributed by atoms with Crippen LogP contribution in [0.25, 0.3) is 21.8 Å². The topological polar surface area (TPSA) is 48.1 Å². The van der Waals surface area contributed by atoms with E-state index in [2.05, 4.69) is 6.92 Å². The molecule has 1 aromatic heterocycles. The van der Waals surface area contributed by atoms with Crippen molar-refractivity contribution in [2.45, 2.75) is 64.8 Å². The molecule has 0 aliphatic rings. The molecule has 0 spiro atoms. The van der Waals surface area contributed by atoms with Crippen LogP contribution in [0.4, 0.5) is 14.5 Å². The van der Waals surface area contributed by atoms with Crippen LogP contribution in [0.15, 0.2) is 30.3 Å². The maximum absolute atomic E-state index is 14.2. The number of aromatic nitrogens is 1. The van der Waals surface area contributed by atoms with Gasteiger partial charge in [0.1, 0.15) is 5.82 Å². The number of nitro benzene ring substituents is 1. The van der Waals surface area contributed by atoms with Gasteiger partial charge in [0.15, 0.2) is 0 Å². The molecule has 0 unspecified atom stereocenters. The van der Waals surface area contributed by atoms with E-state index in [1.54, 1.807) is 6.07 Å². The zero-order valence-corrected chi connectivity index (χ0v) is 16.2. The minimum Gasteiger partial charge on any atom is -0.340 e. The van der Waals surface area contributed by atoms with Crippen LogP contribution in [0.5, 0.6) is 0 Å². The molecule has 0 radical (unpaired) electrons. The number of nitrogens with zero attached hydrogens (tertiary/aromatic N) is 2. The Hall–Kier alpha value is -2.50. The summed E-state index contributed by atoms with van der Waals surface area (Å²) in [4.78, 5) is 10.4. The zero-order valence-electron chi connectivity index (χ0n) is 16.2. The second-order valence-electron chi connectivity index (χ2n) is 7.37. The van der Waals surface area contributed by atoms with Crippen molar-refractivity contribution in [3.63, 3.8) is 0 Å². The summed E-state index contributed by atoms with van der Waals surface area (Å²) in [6.45, 7) is 2.83. The highest BCUT2D eigenvalue weighted by Gasteiger charge is 2.20. The molecule has 28 heavy (non-hydrogen) atoms. The van der Waals surface area contributed by atoms with Crippen LogP contribution in [0, 0.1) is 21.7 Å². The number of rotatable bonds is 10. The first kappa shape index (κ1) is 20.2. The van der Waals surface area contributed by atoms with Gasteiger partial charge < -0.3 is 4.57 Å². The Morgan fingerprint density at radius 3 is 2.21 bits per heavy atom. The third-order valence-corrected chi connectivity index (χ3v) is 5.33. The lowest BCUT2D eigenvalue weighted by molar-refractivity contribution is -0.387. The van der Waals surface area contributed by atoms with Gasteiger partial charge in [-0.2, -0.15) is 4.39 Å². The molecule has 0 aliphatic heterocycles. The van der Waals surface area contributed by atoms with Crippen molar-refractivity contribution < 1.29 is 13.7 Å². The number of unbranched alkanes of at least 4 members (excludes halogenated alkanes) is 7. The summed E-state index contributed by atoms with van der Waals surface area (Å²) in [6, 6.07) is 6.82. The minimum absolute atomic E-state index is 0.373. The van der Waals surface area contributed by atoms with Gasteiger partial charge in [-0.1, -0.05) is 51.9 Å². The molecule has 0 bridgehead atoms. The van der Waals surface area contributed by atoms with Gasteiger partial charge in [0.05, 0.1) is 16.0 Å². The average molecular weight is 388 g/mol. The molecule has 150 valence electrons. The number of nitro groups is 1. The molecule has 0 saturated heterocycles. The van der Waals surface area contributed by atoms with E-state index < -0.39 is 16.4 Å². The van der Waals surface area contributed by atoms with Gasteiger partial charge >= 0.3 is 5.69 Å². The van der Waals surface area contributed by atoms with Crippen molar-refractivity contribution in [3.8, 4) is 0 Å². The van der Waals surface area contributed by atoms with Gasteiger partial charge in [0.2, 0.25) is 5.82 Å². The van der Waals surface area contributed by atoms with Crippen LogP contribution in [0.1, 0.15) is 58.3 Å². The van der Waals surface area contributed by atoms with Gasteiger partial charge in [-0.05, 0) is 24.6 Å². The third-order valence-electron chi connectivity index (χ3n) is 5.33. The van der Waals surface area contributed by atoms with E-state index in [1.165, 1.54) is 56.4 Å². The summed E-state index contributed by atoms with van der Waals surface area (Å²) in [5.41, 5.74) is 0.674. The highest BCUT2D eigenvalue weighted by atomic mass is 19.1. The lowest BCUT2D eigenvalue weighted by Gasteiger charge is -2.08. The van der Waals surface area contributed by atoms with Gasteiger partial charge in [0, 0.05) is 29.4 Å². The van der Waals surface area contributed by atoms with Crippen molar-refractivity contribution in [1.82, 2.24) is 4.57 Å². The summed E-state index contributed by atoms with van der Waals surface area (Å²) in [7, 11) is 0. The molecule has 0 fully saturated rings. The van der Waals surface area contributed by atoms with Gasteiger partial charge in [-0.15, -0.1) is 0 Å². The Labute approximate surface area is 163 Å². The molecule has 0 N–H and O–H groups in total. The summed E-state index contributed by atoms with van der Waals surface area (Å²) in [6.07, 6.45) is 9.37. The van der Waals surface area contributed by atoms with E-state index in [1.807, 2.05) is 4.57 Å². The first-order valence-corrected chi connectivity index (χ1v) is 10.1. The second kappa shape index (κ2) is 9.13. The van der Waals surface area contributed by atoms with Crippen molar-refractivity contribution >= 4 is 27.5 Å². The number of halogens is 2. The van der Waals surface area contributed by atoms with Crippen LogP contribution in [-0.4, -0.2) is 9.49 Å². The predicted octanol–water partition coefficient (Wildman–Crippen LogP) is 7.12. The number of hydrogen-bond donors (Lipinski definition) is 0. The van der Waals surface area contributed by atoms with Crippen LogP contribution in [0.3, 0.4) is 0 Å². The lowest BCUT2D eigenvalue weighted by atomic mass is 10.1. The summed E-state index contributed by atoms with van der Waals surface area (Å²) in [5, 5.41) is 12.4. The number of fused-ring (bicyclic) bond motifs is 3. The minimum atomic E-state index is -0.863. The average Bonchev–Trinajstić information content (AvgIpc) is 2.95. The molecule has 0 saturated carbocycles. The first-order valence-electron chi connectivity index (χ1n) is 10.1. The Kier molecular flexibility index (Phi) is 6.60. The smallest absolute Gasteiger partial charge is 0.305 e. The molecule has 4 nitrogen and oxygen atoms in total. The monoisotopic (exact) mass is 388 g/mol. The largest absolute Gasteiger partial charge is 0.340 e. The summed E-state index contributed by atoms with van der Waals surface area (Å²) in [5.74, 6) is -1.24. The van der Waals surface area contributed by atoms with Crippen molar-refractivity contribution in [3.05, 3.63) is 52.1 Å². The van der Waals surface area contributed by atoms with Gasteiger partial charge in [-0.25, -0.2) is 4.39 Å². The standard InChI is InChI=1S/C22H26F2N2O2/c1-2-3-4-5-6-7-8-9-12-25-20-13-16(23)10-11-17(20)18-14-22(26(27)28)19(24)15-21(18)25/h10-11,13-15H,2-9,12H2,1H3. The zero-order chi connectivity index (χ0) is 20.1. The Morgan fingerprint density at radius 2 is 1.54 bits per heavy atom. The molecule has 1 heterocycles. The summed E-state index contributed by atoms with van der Waals surface area (Å²) >= 11 is 0. The fourth-order valence-electron chi connectivity index (χ4n) is 3.86.